The van der Waals surface area contributed by atoms with Crippen LogP contribution < -0.4 is 10.6 Å². The van der Waals surface area contributed by atoms with Gasteiger partial charge in [0, 0.05) is 11.4 Å². The lowest BCUT2D eigenvalue weighted by molar-refractivity contribution is -0.133. The number of para-hydroxylation sites is 1. The molecule has 22 heavy (non-hydrogen) atoms. The third-order valence-electron chi connectivity index (χ3n) is 3.46. The van der Waals surface area contributed by atoms with E-state index in [2.05, 4.69) is 10.6 Å². The molecule has 2 aromatic carbocycles. The van der Waals surface area contributed by atoms with Gasteiger partial charge in [0.15, 0.2) is 0 Å². The van der Waals surface area contributed by atoms with Crippen LogP contribution in [0.25, 0.3) is 0 Å². The number of aryl methyl sites for hydroxylation is 3. The van der Waals surface area contributed by atoms with Crippen molar-refractivity contribution < 1.29 is 9.59 Å². The van der Waals surface area contributed by atoms with E-state index in [1.165, 1.54) is 0 Å². The summed E-state index contributed by atoms with van der Waals surface area (Å²) in [5.74, 6) is -1.33. The first-order chi connectivity index (χ1) is 10.5. The van der Waals surface area contributed by atoms with E-state index in [1.54, 1.807) is 6.07 Å². The van der Waals surface area contributed by atoms with Crippen LogP contribution in [0.15, 0.2) is 42.5 Å². The normalized spacial score (nSPS) is 10.1. The van der Waals surface area contributed by atoms with E-state index in [1.807, 2.05) is 57.2 Å². The van der Waals surface area contributed by atoms with Crippen molar-refractivity contribution in [3.8, 4) is 0 Å². The molecule has 114 valence electrons. The Bertz CT molecular complexity index is 708. The molecular formula is C18H20N2O2. The van der Waals surface area contributed by atoms with Crippen LogP contribution in [0.4, 0.5) is 11.4 Å². The van der Waals surface area contributed by atoms with Gasteiger partial charge in [0.2, 0.25) is 0 Å². The molecule has 2 aromatic rings. The molecule has 2 rings (SSSR count). The van der Waals surface area contributed by atoms with Gasteiger partial charge in [-0.3, -0.25) is 9.59 Å². The molecular weight excluding hydrogens is 276 g/mol. The topological polar surface area (TPSA) is 58.2 Å². The second kappa shape index (κ2) is 6.89. The Balaban J connectivity index is 2.11. The van der Waals surface area contributed by atoms with Gasteiger partial charge in [-0.2, -0.15) is 0 Å². The molecule has 4 nitrogen and oxygen atoms in total. The molecule has 0 spiro atoms. The van der Waals surface area contributed by atoms with Crippen molar-refractivity contribution in [2.24, 2.45) is 0 Å². The number of benzene rings is 2. The molecule has 0 saturated carbocycles. The fourth-order valence-corrected chi connectivity index (χ4v) is 2.28. The number of hydrogen-bond acceptors (Lipinski definition) is 2. The molecule has 0 aromatic heterocycles. The third kappa shape index (κ3) is 3.73. The van der Waals surface area contributed by atoms with Gasteiger partial charge in [0.05, 0.1) is 0 Å². The summed E-state index contributed by atoms with van der Waals surface area (Å²) in [5, 5.41) is 5.32. The number of carbonyl (C=O) groups excluding carboxylic acids is 2. The Hall–Kier alpha value is -2.62. The number of anilines is 2. The molecule has 2 N–H and O–H groups in total. The molecule has 2 amide bonds. The predicted molar refractivity (Wildman–Crippen MR) is 89.0 cm³/mol. The highest BCUT2D eigenvalue weighted by Gasteiger charge is 2.16. The maximum absolute atomic E-state index is 12.1. The molecule has 0 radical (unpaired) electrons. The first kappa shape index (κ1) is 15.8. The smallest absolute Gasteiger partial charge is 0.314 e. The molecule has 0 heterocycles. The summed E-state index contributed by atoms with van der Waals surface area (Å²) in [5.41, 5.74) is 4.30. The van der Waals surface area contributed by atoms with Crippen LogP contribution in [0.3, 0.4) is 0 Å². The summed E-state index contributed by atoms with van der Waals surface area (Å²) in [6, 6.07) is 13.1. The minimum absolute atomic E-state index is 0.612. The van der Waals surface area contributed by atoms with Crippen LogP contribution >= 0.6 is 0 Å². The number of rotatable bonds is 3. The SMILES string of the molecule is CCc1cccc(C)c1NC(=O)C(=O)Nc1cccc(C)c1. The van der Waals surface area contributed by atoms with E-state index in [4.69, 9.17) is 0 Å². The molecule has 0 bridgehead atoms. The quantitative estimate of drug-likeness (QED) is 0.852. The molecule has 0 fully saturated rings. The van der Waals surface area contributed by atoms with E-state index in [0.29, 0.717) is 5.69 Å². The van der Waals surface area contributed by atoms with Crippen LogP contribution in [0, 0.1) is 13.8 Å². The zero-order chi connectivity index (χ0) is 16.1. The van der Waals surface area contributed by atoms with E-state index in [9.17, 15) is 9.59 Å². The van der Waals surface area contributed by atoms with Gasteiger partial charge in [0.1, 0.15) is 0 Å². The first-order valence-electron chi connectivity index (χ1n) is 7.28. The van der Waals surface area contributed by atoms with Gasteiger partial charge in [-0.25, -0.2) is 0 Å². The molecule has 0 atom stereocenters. The Morgan fingerprint density at radius 1 is 0.955 bits per heavy atom. The molecule has 0 aliphatic heterocycles. The maximum atomic E-state index is 12.1. The number of nitrogens with one attached hydrogen (secondary N) is 2. The average Bonchev–Trinajstić information content (AvgIpc) is 2.49. The summed E-state index contributed by atoms with van der Waals surface area (Å²) in [4.78, 5) is 24.1. The highest BCUT2D eigenvalue weighted by Crippen LogP contribution is 2.21. The highest BCUT2D eigenvalue weighted by atomic mass is 16.2. The van der Waals surface area contributed by atoms with Gasteiger partial charge < -0.3 is 10.6 Å². The van der Waals surface area contributed by atoms with Crippen LogP contribution in [-0.2, 0) is 16.0 Å². The van der Waals surface area contributed by atoms with Crippen molar-refractivity contribution in [2.75, 3.05) is 10.6 Å². The minimum Gasteiger partial charge on any atom is -0.318 e. The Kier molecular flexibility index (Phi) is 4.94. The number of hydrogen-bond donors (Lipinski definition) is 2. The lowest BCUT2D eigenvalue weighted by Crippen LogP contribution is -2.29. The van der Waals surface area contributed by atoms with Gasteiger partial charge >= 0.3 is 11.8 Å². The zero-order valence-electron chi connectivity index (χ0n) is 13.1. The third-order valence-corrected chi connectivity index (χ3v) is 3.46. The van der Waals surface area contributed by atoms with Crippen molar-refractivity contribution >= 4 is 23.2 Å². The summed E-state index contributed by atoms with van der Waals surface area (Å²) < 4.78 is 0. The summed E-state index contributed by atoms with van der Waals surface area (Å²) in [7, 11) is 0. The monoisotopic (exact) mass is 296 g/mol. The lowest BCUT2D eigenvalue weighted by Gasteiger charge is -2.13. The number of amides is 2. The van der Waals surface area contributed by atoms with Gasteiger partial charge in [-0.05, 0) is 49.1 Å². The van der Waals surface area contributed by atoms with Gasteiger partial charge in [-0.15, -0.1) is 0 Å². The summed E-state index contributed by atoms with van der Waals surface area (Å²) in [6.45, 7) is 5.85. The van der Waals surface area contributed by atoms with E-state index < -0.39 is 11.8 Å². The molecule has 4 heteroatoms. The van der Waals surface area contributed by atoms with Crippen molar-refractivity contribution in [1.82, 2.24) is 0 Å². The lowest BCUT2D eigenvalue weighted by atomic mass is 10.1. The van der Waals surface area contributed by atoms with Crippen LogP contribution in [0.1, 0.15) is 23.6 Å². The predicted octanol–water partition coefficient (Wildman–Crippen LogP) is 3.44. The minimum atomic E-state index is -0.670. The van der Waals surface area contributed by atoms with Gasteiger partial charge in [0.25, 0.3) is 0 Å². The second-order valence-corrected chi connectivity index (χ2v) is 5.24. The van der Waals surface area contributed by atoms with Crippen LogP contribution in [0.5, 0.6) is 0 Å². The van der Waals surface area contributed by atoms with Gasteiger partial charge in [-0.1, -0.05) is 37.3 Å². The molecule has 0 unspecified atom stereocenters. The maximum Gasteiger partial charge on any atom is 0.314 e. The van der Waals surface area contributed by atoms with Crippen molar-refractivity contribution in [3.63, 3.8) is 0 Å². The van der Waals surface area contributed by atoms with E-state index >= 15 is 0 Å². The van der Waals surface area contributed by atoms with Crippen molar-refractivity contribution in [1.29, 1.82) is 0 Å². The largest absolute Gasteiger partial charge is 0.318 e. The summed E-state index contributed by atoms with van der Waals surface area (Å²) in [6.07, 6.45) is 0.788. The van der Waals surface area contributed by atoms with E-state index in [-0.39, 0.29) is 0 Å². The standard InChI is InChI=1S/C18H20N2O2/c1-4-14-9-6-8-13(3)16(14)20-18(22)17(21)19-15-10-5-7-12(2)11-15/h5-11H,4H2,1-3H3,(H,19,21)(H,20,22). The second-order valence-electron chi connectivity index (χ2n) is 5.24. The van der Waals surface area contributed by atoms with Crippen molar-refractivity contribution in [2.45, 2.75) is 27.2 Å². The fourth-order valence-electron chi connectivity index (χ4n) is 2.28. The number of carbonyl (C=O) groups is 2. The molecule has 0 saturated heterocycles. The first-order valence-corrected chi connectivity index (χ1v) is 7.28. The molecule has 0 aliphatic carbocycles. The average molecular weight is 296 g/mol. The van der Waals surface area contributed by atoms with Crippen molar-refractivity contribution in [3.05, 3.63) is 59.2 Å². The Morgan fingerprint density at radius 2 is 1.64 bits per heavy atom. The Morgan fingerprint density at radius 3 is 2.32 bits per heavy atom. The Labute approximate surface area is 130 Å². The van der Waals surface area contributed by atoms with Crippen LogP contribution in [0.2, 0.25) is 0 Å². The summed E-state index contributed by atoms with van der Waals surface area (Å²) >= 11 is 0. The molecule has 0 aliphatic rings. The van der Waals surface area contributed by atoms with E-state index in [0.717, 1.165) is 28.8 Å². The fraction of sp³-hybridized carbons (Fsp3) is 0.222. The zero-order valence-corrected chi connectivity index (χ0v) is 13.1. The highest BCUT2D eigenvalue weighted by molar-refractivity contribution is 6.43. The van der Waals surface area contributed by atoms with Crippen LogP contribution in [-0.4, -0.2) is 11.8 Å².